The van der Waals surface area contributed by atoms with E-state index < -0.39 is 5.91 Å². The lowest BCUT2D eigenvalue weighted by atomic mass is 9.97. The SMILES string of the molecule is CC1COc2ccc(N=C3C(=O)N(Cc4ccc(N5CCCCC5=O)cc4)CCC3=C(N)C(N)=O)cc21. The Balaban J connectivity index is 1.40. The van der Waals surface area contributed by atoms with Crippen molar-refractivity contribution in [1.29, 1.82) is 0 Å². The number of primary amides is 1. The predicted molar refractivity (Wildman–Crippen MR) is 141 cm³/mol. The number of amides is 3. The molecule has 0 aromatic heterocycles. The molecule has 3 aliphatic heterocycles. The van der Waals surface area contributed by atoms with Crippen molar-refractivity contribution in [3.63, 3.8) is 0 Å². The van der Waals surface area contributed by atoms with Crippen LogP contribution in [0.5, 0.6) is 5.75 Å². The number of nitrogens with two attached hydrogens (primary N) is 2. The summed E-state index contributed by atoms with van der Waals surface area (Å²) in [5, 5.41) is 0. The van der Waals surface area contributed by atoms with Gasteiger partial charge in [0, 0.05) is 48.8 Å². The van der Waals surface area contributed by atoms with Crippen LogP contribution in [0, 0.1) is 0 Å². The van der Waals surface area contributed by atoms with Crippen LogP contribution in [0.4, 0.5) is 11.4 Å². The summed E-state index contributed by atoms with van der Waals surface area (Å²) in [6.45, 7) is 4.14. The Morgan fingerprint density at radius 2 is 1.84 bits per heavy atom. The lowest BCUT2D eigenvalue weighted by Crippen LogP contribution is -2.44. The monoisotopic (exact) mass is 501 g/mol. The first-order chi connectivity index (χ1) is 17.8. The molecule has 37 heavy (non-hydrogen) atoms. The highest BCUT2D eigenvalue weighted by atomic mass is 16.5. The molecular weight excluding hydrogens is 470 g/mol. The van der Waals surface area contributed by atoms with E-state index in [-0.39, 0.29) is 29.1 Å². The number of likely N-dealkylation sites (tertiary alicyclic amines) is 1. The third-order valence-corrected chi connectivity index (χ3v) is 7.20. The number of hydrogen-bond donors (Lipinski definition) is 2. The van der Waals surface area contributed by atoms with Gasteiger partial charge in [0.2, 0.25) is 5.91 Å². The fourth-order valence-corrected chi connectivity index (χ4v) is 5.06. The van der Waals surface area contributed by atoms with Gasteiger partial charge in [-0.25, -0.2) is 4.99 Å². The minimum atomic E-state index is -0.775. The highest BCUT2D eigenvalue weighted by molar-refractivity contribution is 6.47. The molecule has 5 rings (SSSR count). The number of nitrogens with zero attached hydrogens (tertiary/aromatic N) is 3. The zero-order chi connectivity index (χ0) is 26.1. The Morgan fingerprint density at radius 3 is 2.57 bits per heavy atom. The van der Waals surface area contributed by atoms with E-state index in [9.17, 15) is 14.4 Å². The van der Waals surface area contributed by atoms with Crippen molar-refractivity contribution in [2.45, 2.75) is 45.1 Å². The van der Waals surface area contributed by atoms with Crippen molar-refractivity contribution < 1.29 is 19.1 Å². The van der Waals surface area contributed by atoms with Crippen LogP contribution in [0.15, 0.2) is 58.7 Å². The number of carbonyl (C=O) groups is 3. The molecule has 1 unspecified atom stereocenters. The molecule has 1 atom stereocenters. The maximum atomic E-state index is 13.6. The summed E-state index contributed by atoms with van der Waals surface area (Å²) < 4.78 is 5.67. The molecule has 0 spiro atoms. The van der Waals surface area contributed by atoms with Gasteiger partial charge in [0.05, 0.1) is 12.3 Å². The molecule has 0 aliphatic carbocycles. The van der Waals surface area contributed by atoms with Gasteiger partial charge >= 0.3 is 0 Å². The molecule has 9 heteroatoms. The minimum absolute atomic E-state index is 0.129. The van der Waals surface area contributed by atoms with E-state index in [1.54, 1.807) is 11.0 Å². The molecule has 2 aromatic rings. The van der Waals surface area contributed by atoms with E-state index >= 15 is 0 Å². The van der Waals surface area contributed by atoms with Gasteiger partial charge < -0.3 is 26.0 Å². The molecule has 2 aromatic carbocycles. The number of ether oxygens (including phenoxy) is 1. The van der Waals surface area contributed by atoms with Crippen LogP contribution in [0.3, 0.4) is 0 Å². The Hall–Kier alpha value is -4.14. The van der Waals surface area contributed by atoms with E-state index in [4.69, 9.17) is 16.2 Å². The zero-order valence-electron chi connectivity index (χ0n) is 20.9. The first kappa shape index (κ1) is 24.5. The summed E-state index contributed by atoms with van der Waals surface area (Å²) in [6.07, 6.45) is 2.87. The second-order valence-electron chi connectivity index (χ2n) is 9.80. The number of benzene rings is 2. The van der Waals surface area contributed by atoms with Crippen molar-refractivity contribution in [1.82, 2.24) is 4.90 Å². The summed E-state index contributed by atoms with van der Waals surface area (Å²) in [7, 11) is 0. The Kier molecular flexibility index (Phi) is 6.69. The van der Waals surface area contributed by atoms with Crippen LogP contribution in [0.1, 0.15) is 49.7 Å². The van der Waals surface area contributed by atoms with Crippen LogP contribution in [0.2, 0.25) is 0 Å². The van der Waals surface area contributed by atoms with E-state index in [0.29, 0.717) is 43.8 Å². The number of hydrogen-bond acceptors (Lipinski definition) is 6. The molecule has 9 nitrogen and oxygen atoms in total. The molecule has 0 bridgehead atoms. The van der Waals surface area contributed by atoms with Crippen LogP contribution < -0.4 is 21.1 Å². The topological polar surface area (TPSA) is 131 Å². The van der Waals surface area contributed by atoms with Crippen molar-refractivity contribution >= 4 is 34.8 Å². The molecular formula is C28H31N5O4. The summed E-state index contributed by atoms with van der Waals surface area (Å²) in [5.74, 6) is 0.0935. The first-order valence-corrected chi connectivity index (χ1v) is 12.6. The molecule has 3 aliphatic rings. The average Bonchev–Trinajstić information content (AvgIpc) is 3.27. The smallest absolute Gasteiger partial charge is 0.273 e. The summed E-state index contributed by atoms with van der Waals surface area (Å²) >= 11 is 0. The van der Waals surface area contributed by atoms with E-state index in [1.165, 1.54) is 0 Å². The molecule has 3 amide bonds. The lowest BCUT2D eigenvalue weighted by Gasteiger charge is -2.30. The largest absolute Gasteiger partial charge is 0.493 e. The fourth-order valence-electron chi connectivity index (χ4n) is 5.06. The quantitative estimate of drug-likeness (QED) is 0.608. The molecule has 3 heterocycles. The highest BCUT2D eigenvalue weighted by Crippen LogP contribution is 2.36. The van der Waals surface area contributed by atoms with Crippen LogP contribution in [-0.4, -0.2) is 48.0 Å². The maximum Gasteiger partial charge on any atom is 0.273 e. The third kappa shape index (κ3) is 4.94. The predicted octanol–water partition coefficient (Wildman–Crippen LogP) is 2.90. The number of rotatable bonds is 5. The lowest BCUT2D eigenvalue weighted by molar-refractivity contribution is -0.125. The Labute approximate surface area is 215 Å². The van der Waals surface area contributed by atoms with E-state index in [2.05, 4.69) is 11.9 Å². The average molecular weight is 502 g/mol. The molecule has 0 saturated carbocycles. The van der Waals surface area contributed by atoms with Crippen molar-refractivity contribution in [2.75, 3.05) is 24.6 Å². The van der Waals surface area contributed by atoms with Crippen molar-refractivity contribution in [2.24, 2.45) is 16.5 Å². The normalized spacial score (nSPS) is 22.2. The van der Waals surface area contributed by atoms with Crippen molar-refractivity contribution in [3.05, 3.63) is 64.9 Å². The number of aliphatic imine (C=N–C) groups is 1. The first-order valence-electron chi connectivity index (χ1n) is 12.6. The van der Waals surface area contributed by atoms with E-state index in [0.717, 1.165) is 42.0 Å². The third-order valence-electron chi connectivity index (χ3n) is 7.20. The van der Waals surface area contributed by atoms with Gasteiger partial charge in [-0.1, -0.05) is 19.1 Å². The molecule has 192 valence electrons. The Bertz CT molecular complexity index is 1310. The van der Waals surface area contributed by atoms with Crippen LogP contribution in [-0.2, 0) is 20.9 Å². The van der Waals surface area contributed by atoms with Crippen molar-refractivity contribution in [3.8, 4) is 5.75 Å². The summed E-state index contributed by atoms with van der Waals surface area (Å²) in [4.78, 5) is 45.9. The van der Waals surface area contributed by atoms with Gasteiger partial charge in [-0.15, -0.1) is 0 Å². The summed E-state index contributed by atoms with van der Waals surface area (Å²) in [5.41, 5.74) is 15.2. The number of piperidine rings is 2. The molecule has 2 fully saturated rings. The second-order valence-corrected chi connectivity index (χ2v) is 9.80. The Morgan fingerprint density at radius 1 is 1.05 bits per heavy atom. The van der Waals surface area contributed by atoms with Crippen LogP contribution >= 0.6 is 0 Å². The van der Waals surface area contributed by atoms with Gasteiger partial charge in [-0.3, -0.25) is 14.4 Å². The standard InChI is InChI=1S/C28H31N5O4/c1-17-16-37-23-10-7-19(14-22(17)23)31-26-21(25(29)27(30)35)11-13-32(28(26)36)15-18-5-8-20(9-6-18)33-12-3-2-4-24(33)34/h5-10,14,17H,2-4,11-13,15-16,29H2,1H3,(H2,30,35). The molecule has 2 saturated heterocycles. The maximum absolute atomic E-state index is 13.6. The molecule has 4 N–H and O–H groups in total. The van der Waals surface area contributed by atoms with Crippen LogP contribution in [0.25, 0.3) is 0 Å². The van der Waals surface area contributed by atoms with Gasteiger partial charge in [-0.05, 0) is 55.2 Å². The highest BCUT2D eigenvalue weighted by Gasteiger charge is 2.32. The van der Waals surface area contributed by atoms with Gasteiger partial charge in [0.15, 0.2) is 0 Å². The zero-order valence-corrected chi connectivity index (χ0v) is 20.9. The van der Waals surface area contributed by atoms with Gasteiger partial charge in [-0.2, -0.15) is 0 Å². The number of fused-ring (bicyclic) bond motifs is 1. The van der Waals surface area contributed by atoms with Gasteiger partial charge in [0.1, 0.15) is 17.2 Å². The minimum Gasteiger partial charge on any atom is -0.493 e. The van der Waals surface area contributed by atoms with Gasteiger partial charge in [0.25, 0.3) is 11.8 Å². The second kappa shape index (κ2) is 10.1. The molecule has 0 radical (unpaired) electrons. The number of carbonyl (C=O) groups excluding carboxylic acids is 3. The van der Waals surface area contributed by atoms with E-state index in [1.807, 2.05) is 41.3 Å². The number of anilines is 1. The fraction of sp³-hybridized carbons (Fsp3) is 0.357. The summed E-state index contributed by atoms with van der Waals surface area (Å²) in [6, 6.07) is 13.3.